The van der Waals surface area contributed by atoms with Crippen molar-refractivity contribution in [1.82, 2.24) is 10.2 Å². The Labute approximate surface area is 119 Å². The van der Waals surface area contributed by atoms with Crippen molar-refractivity contribution < 1.29 is 18.3 Å². The SMILES string of the molecule is Cc1[nH]ncc1S(=O)(=O)Nc1c(Cl)cccc1C(=O)O. The molecule has 0 spiro atoms. The van der Waals surface area contributed by atoms with Crippen LogP contribution in [0.25, 0.3) is 0 Å². The summed E-state index contributed by atoms with van der Waals surface area (Å²) in [5.41, 5.74) is -0.0779. The largest absolute Gasteiger partial charge is 0.478 e. The summed E-state index contributed by atoms with van der Waals surface area (Å²) in [7, 11) is -3.97. The van der Waals surface area contributed by atoms with Crippen molar-refractivity contribution in [3.05, 3.63) is 40.7 Å². The van der Waals surface area contributed by atoms with E-state index in [0.29, 0.717) is 5.69 Å². The fourth-order valence-electron chi connectivity index (χ4n) is 1.61. The number of benzene rings is 1. The van der Waals surface area contributed by atoms with Gasteiger partial charge in [0.25, 0.3) is 10.0 Å². The molecule has 1 aromatic heterocycles. The molecular weight excluding hydrogens is 306 g/mol. The van der Waals surface area contributed by atoms with E-state index in [9.17, 15) is 13.2 Å². The van der Waals surface area contributed by atoms with Crippen LogP contribution in [0.2, 0.25) is 5.02 Å². The van der Waals surface area contributed by atoms with E-state index in [-0.39, 0.29) is 21.2 Å². The summed E-state index contributed by atoms with van der Waals surface area (Å²) in [5.74, 6) is -1.28. The second-order valence-electron chi connectivity index (χ2n) is 3.93. The van der Waals surface area contributed by atoms with Crippen molar-refractivity contribution >= 4 is 33.3 Å². The molecule has 0 aliphatic rings. The molecule has 0 unspecified atom stereocenters. The van der Waals surface area contributed by atoms with Gasteiger partial charge in [-0.15, -0.1) is 0 Å². The van der Waals surface area contributed by atoms with Gasteiger partial charge in [-0.3, -0.25) is 9.82 Å². The number of nitrogens with zero attached hydrogens (tertiary/aromatic N) is 1. The van der Waals surface area contributed by atoms with Gasteiger partial charge in [0.2, 0.25) is 0 Å². The molecule has 7 nitrogen and oxygen atoms in total. The zero-order valence-corrected chi connectivity index (χ0v) is 11.8. The number of carbonyl (C=O) groups is 1. The minimum Gasteiger partial charge on any atom is -0.478 e. The number of para-hydroxylation sites is 1. The van der Waals surface area contributed by atoms with Crippen LogP contribution in [0.3, 0.4) is 0 Å². The van der Waals surface area contributed by atoms with Crippen LogP contribution in [0.15, 0.2) is 29.3 Å². The van der Waals surface area contributed by atoms with Gasteiger partial charge >= 0.3 is 5.97 Å². The van der Waals surface area contributed by atoms with Crippen molar-refractivity contribution in [3.63, 3.8) is 0 Å². The summed E-state index contributed by atoms with van der Waals surface area (Å²) in [6.45, 7) is 1.53. The number of aromatic carboxylic acids is 1. The Balaban J connectivity index is 2.50. The van der Waals surface area contributed by atoms with Crippen molar-refractivity contribution in [3.8, 4) is 0 Å². The van der Waals surface area contributed by atoms with Crippen molar-refractivity contribution in [1.29, 1.82) is 0 Å². The monoisotopic (exact) mass is 315 g/mol. The molecule has 0 bridgehead atoms. The van der Waals surface area contributed by atoms with Crippen LogP contribution in [-0.2, 0) is 10.0 Å². The molecule has 0 saturated heterocycles. The third kappa shape index (κ3) is 2.61. The Hall–Kier alpha value is -2.06. The fraction of sp³-hybridized carbons (Fsp3) is 0.0909. The van der Waals surface area contributed by atoms with E-state index >= 15 is 0 Å². The smallest absolute Gasteiger partial charge is 0.337 e. The molecular formula is C11H10ClN3O4S. The maximum atomic E-state index is 12.2. The van der Waals surface area contributed by atoms with Gasteiger partial charge in [0, 0.05) is 0 Å². The standard InChI is InChI=1S/C11H10ClN3O4S/c1-6-9(5-13-14-6)20(18,19)15-10-7(11(16)17)3-2-4-8(10)12/h2-5,15H,1H3,(H,13,14)(H,16,17). The Bertz CT molecular complexity index is 770. The summed E-state index contributed by atoms with van der Waals surface area (Å²) in [5, 5.41) is 15.2. The summed E-state index contributed by atoms with van der Waals surface area (Å²) in [4.78, 5) is 11.0. The molecule has 0 radical (unpaired) electrons. The number of aromatic nitrogens is 2. The predicted molar refractivity (Wildman–Crippen MR) is 72.5 cm³/mol. The highest BCUT2D eigenvalue weighted by Crippen LogP contribution is 2.28. The van der Waals surface area contributed by atoms with Crippen LogP contribution >= 0.6 is 11.6 Å². The van der Waals surface area contributed by atoms with Crippen LogP contribution in [-0.4, -0.2) is 29.7 Å². The molecule has 2 rings (SSSR count). The van der Waals surface area contributed by atoms with E-state index in [0.717, 1.165) is 6.20 Å². The molecule has 1 heterocycles. The normalized spacial score (nSPS) is 11.3. The van der Waals surface area contributed by atoms with Crippen LogP contribution in [0.5, 0.6) is 0 Å². The van der Waals surface area contributed by atoms with Crippen LogP contribution in [0.1, 0.15) is 16.1 Å². The number of carboxylic acids is 1. The molecule has 20 heavy (non-hydrogen) atoms. The first-order valence-corrected chi connectivity index (χ1v) is 7.23. The maximum Gasteiger partial charge on any atom is 0.337 e. The van der Waals surface area contributed by atoms with Gasteiger partial charge in [-0.2, -0.15) is 5.10 Å². The topological polar surface area (TPSA) is 112 Å². The van der Waals surface area contributed by atoms with E-state index in [1.807, 2.05) is 0 Å². The number of hydrogen-bond donors (Lipinski definition) is 3. The Morgan fingerprint density at radius 2 is 2.15 bits per heavy atom. The molecule has 0 fully saturated rings. The molecule has 2 aromatic rings. The van der Waals surface area contributed by atoms with Gasteiger partial charge in [0.1, 0.15) is 4.90 Å². The van der Waals surface area contributed by atoms with Gasteiger partial charge in [-0.05, 0) is 19.1 Å². The predicted octanol–water partition coefficient (Wildman–Crippen LogP) is 1.87. The molecule has 9 heteroatoms. The minimum atomic E-state index is -3.97. The second-order valence-corrected chi connectivity index (χ2v) is 5.99. The number of anilines is 1. The summed E-state index contributed by atoms with van der Waals surface area (Å²) < 4.78 is 26.6. The molecule has 0 aliphatic heterocycles. The second kappa shape index (κ2) is 5.14. The zero-order valence-electron chi connectivity index (χ0n) is 10.2. The summed E-state index contributed by atoms with van der Waals surface area (Å²) in [6, 6.07) is 4.08. The average molecular weight is 316 g/mol. The summed E-state index contributed by atoms with van der Waals surface area (Å²) in [6.07, 6.45) is 1.13. The van der Waals surface area contributed by atoms with Gasteiger partial charge in [0.05, 0.1) is 28.2 Å². The molecule has 3 N–H and O–H groups in total. The molecule has 0 amide bonds. The summed E-state index contributed by atoms with van der Waals surface area (Å²) >= 11 is 5.87. The Morgan fingerprint density at radius 1 is 1.45 bits per heavy atom. The Kier molecular flexibility index (Phi) is 3.69. The van der Waals surface area contributed by atoms with Crippen LogP contribution in [0, 0.1) is 6.92 Å². The number of H-pyrrole nitrogens is 1. The highest BCUT2D eigenvalue weighted by Gasteiger charge is 2.23. The number of aromatic amines is 1. The fourth-order valence-corrected chi connectivity index (χ4v) is 3.12. The van der Waals surface area contributed by atoms with E-state index in [1.165, 1.54) is 25.1 Å². The number of rotatable bonds is 4. The molecule has 106 valence electrons. The lowest BCUT2D eigenvalue weighted by Crippen LogP contribution is -2.16. The first kappa shape index (κ1) is 14.4. The Morgan fingerprint density at radius 3 is 2.70 bits per heavy atom. The molecule has 0 aliphatic carbocycles. The van der Waals surface area contributed by atoms with Gasteiger partial charge < -0.3 is 5.11 Å². The molecule has 0 saturated carbocycles. The number of hydrogen-bond acceptors (Lipinski definition) is 4. The number of nitrogens with one attached hydrogen (secondary N) is 2. The van der Waals surface area contributed by atoms with E-state index in [1.54, 1.807) is 0 Å². The number of aryl methyl sites for hydroxylation is 1. The lowest BCUT2D eigenvalue weighted by Gasteiger charge is -2.11. The quantitative estimate of drug-likeness (QED) is 0.797. The van der Waals surface area contributed by atoms with Crippen molar-refractivity contribution in [2.75, 3.05) is 4.72 Å². The minimum absolute atomic E-state index is 0.00498. The van der Waals surface area contributed by atoms with Crippen molar-refractivity contribution in [2.24, 2.45) is 0 Å². The lowest BCUT2D eigenvalue weighted by atomic mass is 10.2. The van der Waals surface area contributed by atoms with Gasteiger partial charge in [-0.1, -0.05) is 17.7 Å². The lowest BCUT2D eigenvalue weighted by molar-refractivity contribution is 0.0698. The third-order valence-electron chi connectivity index (χ3n) is 2.55. The first-order chi connectivity index (χ1) is 9.33. The average Bonchev–Trinajstić information content (AvgIpc) is 2.78. The van der Waals surface area contributed by atoms with Crippen molar-refractivity contribution in [2.45, 2.75) is 11.8 Å². The van der Waals surface area contributed by atoms with Gasteiger partial charge in [-0.25, -0.2) is 13.2 Å². The van der Waals surface area contributed by atoms with Crippen LogP contribution < -0.4 is 4.72 Å². The molecule has 1 aromatic carbocycles. The molecule has 0 atom stereocenters. The van der Waals surface area contributed by atoms with Gasteiger partial charge in [0.15, 0.2) is 0 Å². The highest BCUT2D eigenvalue weighted by molar-refractivity contribution is 7.92. The highest BCUT2D eigenvalue weighted by atomic mass is 35.5. The number of carboxylic acid groups (broad SMARTS) is 1. The zero-order chi connectivity index (χ0) is 14.9. The maximum absolute atomic E-state index is 12.2. The van der Waals surface area contributed by atoms with E-state index < -0.39 is 16.0 Å². The third-order valence-corrected chi connectivity index (χ3v) is 4.33. The van der Waals surface area contributed by atoms with E-state index in [2.05, 4.69) is 14.9 Å². The first-order valence-electron chi connectivity index (χ1n) is 5.37. The van der Waals surface area contributed by atoms with Crippen LogP contribution in [0.4, 0.5) is 5.69 Å². The number of halogens is 1. The van der Waals surface area contributed by atoms with E-state index in [4.69, 9.17) is 16.7 Å². The number of sulfonamides is 1.